The zero-order valence-electron chi connectivity index (χ0n) is 7.78. The lowest BCUT2D eigenvalue weighted by Gasteiger charge is -2.04. The van der Waals surface area contributed by atoms with Crippen molar-refractivity contribution >= 4 is 0 Å². The van der Waals surface area contributed by atoms with Crippen LogP contribution in [0.2, 0.25) is 0 Å². The molecular weight excluding hydrogens is 120 g/mol. The SMILES string of the molecule is CC=C(C)C(C)=C(C)CC. The lowest BCUT2D eigenvalue weighted by molar-refractivity contribution is 1.05. The lowest BCUT2D eigenvalue weighted by atomic mass is 10.0. The zero-order chi connectivity index (χ0) is 8.15. The predicted molar refractivity (Wildman–Crippen MR) is 48.1 cm³/mol. The van der Waals surface area contributed by atoms with E-state index < -0.39 is 0 Å². The molecule has 0 amide bonds. The van der Waals surface area contributed by atoms with E-state index in [1.807, 2.05) is 0 Å². The Kier molecular flexibility index (Phi) is 4.10. The van der Waals surface area contributed by atoms with Crippen molar-refractivity contribution in [3.8, 4) is 0 Å². The molecule has 0 saturated heterocycles. The van der Waals surface area contributed by atoms with E-state index in [1.165, 1.54) is 16.7 Å². The summed E-state index contributed by atoms with van der Waals surface area (Å²) >= 11 is 0. The first-order valence-corrected chi connectivity index (χ1v) is 3.93. The first kappa shape index (κ1) is 9.48. The van der Waals surface area contributed by atoms with Gasteiger partial charge in [0.05, 0.1) is 0 Å². The Bertz CT molecular complexity index is 159. The van der Waals surface area contributed by atoms with Crippen LogP contribution in [0.25, 0.3) is 0 Å². The highest BCUT2D eigenvalue weighted by atomic mass is 14.0. The van der Waals surface area contributed by atoms with Gasteiger partial charge in [-0.2, -0.15) is 0 Å². The molecule has 0 bridgehead atoms. The van der Waals surface area contributed by atoms with Gasteiger partial charge in [0.25, 0.3) is 0 Å². The second-order valence-electron chi connectivity index (χ2n) is 2.73. The molecule has 0 N–H and O–H groups in total. The van der Waals surface area contributed by atoms with Crippen molar-refractivity contribution < 1.29 is 0 Å². The van der Waals surface area contributed by atoms with Crippen LogP contribution >= 0.6 is 0 Å². The molecule has 0 heterocycles. The van der Waals surface area contributed by atoms with Crippen LogP contribution in [-0.4, -0.2) is 0 Å². The highest BCUT2D eigenvalue weighted by Crippen LogP contribution is 2.15. The highest BCUT2D eigenvalue weighted by Gasteiger charge is 1.94. The molecule has 0 aliphatic rings. The molecule has 58 valence electrons. The van der Waals surface area contributed by atoms with Gasteiger partial charge in [0, 0.05) is 0 Å². The molecule has 0 aliphatic heterocycles. The van der Waals surface area contributed by atoms with E-state index in [1.54, 1.807) is 0 Å². The summed E-state index contributed by atoms with van der Waals surface area (Å²) in [5.74, 6) is 0. The fourth-order valence-electron chi connectivity index (χ4n) is 0.818. The normalized spacial score (nSPS) is 15.1. The molecular formula is C10H18. The van der Waals surface area contributed by atoms with Crippen molar-refractivity contribution in [2.75, 3.05) is 0 Å². The van der Waals surface area contributed by atoms with E-state index in [9.17, 15) is 0 Å². The molecule has 0 atom stereocenters. The number of hydrogen-bond acceptors (Lipinski definition) is 0. The summed E-state index contributed by atoms with van der Waals surface area (Å²) in [6.07, 6.45) is 3.32. The lowest BCUT2D eigenvalue weighted by Crippen LogP contribution is -1.84. The fourth-order valence-corrected chi connectivity index (χ4v) is 0.818. The van der Waals surface area contributed by atoms with Gasteiger partial charge in [-0.25, -0.2) is 0 Å². The van der Waals surface area contributed by atoms with Crippen molar-refractivity contribution in [3.63, 3.8) is 0 Å². The first-order chi connectivity index (χ1) is 4.63. The van der Waals surface area contributed by atoms with Crippen LogP contribution < -0.4 is 0 Å². The molecule has 0 aromatic carbocycles. The monoisotopic (exact) mass is 138 g/mol. The third-order valence-corrected chi connectivity index (χ3v) is 2.20. The van der Waals surface area contributed by atoms with Gasteiger partial charge in [-0.1, -0.05) is 24.1 Å². The number of allylic oxidation sites excluding steroid dienone is 4. The molecule has 10 heavy (non-hydrogen) atoms. The zero-order valence-corrected chi connectivity index (χ0v) is 7.78. The van der Waals surface area contributed by atoms with E-state index in [-0.39, 0.29) is 0 Å². The van der Waals surface area contributed by atoms with Gasteiger partial charge in [-0.05, 0) is 39.7 Å². The van der Waals surface area contributed by atoms with Crippen LogP contribution in [0.1, 0.15) is 41.0 Å². The van der Waals surface area contributed by atoms with Crippen LogP contribution in [0.3, 0.4) is 0 Å². The Morgan fingerprint density at radius 2 is 1.70 bits per heavy atom. The van der Waals surface area contributed by atoms with Crippen LogP contribution in [0, 0.1) is 0 Å². The van der Waals surface area contributed by atoms with Gasteiger partial charge < -0.3 is 0 Å². The second kappa shape index (κ2) is 4.32. The van der Waals surface area contributed by atoms with Crippen molar-refractivity contribution in [2.24, 2.45) is 0 Å². The average molecular weight is 138 g/mol. The first-order valence-electron chi connectivity index (χ1n) is 3.93. The second-order valence-corrected chi connectivity index (χ2v) is 2.73. The molecule has 0 spiro atoms. The van der Waals surface area contributed by atoms with E-state index in [0.717, 1.165) is 6.42 Å². The Morgan fingerprint density at radius 1 is 1.20 bits per heavy atom. The summed E-state index contributed by atoms with van der Waals surface area (Å²) in [7, 11) is 0. The smallest absolute Gasteiger partial charge is 0.0346 e. The fraction of sp³-hybridized carbons (Fsp3) is 0.600. The minimum Gasteiger partial charge on any atom is -0.0845 e. The summed E-state index contributed by atoms with van der Waals surface area (Å²) in [5.41, 5.74) is 4.35. The molecule has 0 rings (SSSR count). The largest absolute Gasteiger partial charge is 0.0845 e. The molecule has 0 fully saturated rings. The minimum absolute atomic E-state index is 1.16. The molecule has 0 saturated carbocycles. The van der Waals surface area contributed by atoms with E-state index in [4.69, 9.17) is 0 Å². The molecule has 0 aliphatic carbocycles. The standard InChI is InChI=1S/C10H18/c1-6-8(3)10(5)9(4)7-2/h6H,7H2,1-5H3. The molecule has 0 unspecified atom stereocenters. The molecule has 0 aromatic heterocycles. The molecule has 0 nitrogen and oxygen atoms in total. The summed E-state index contributed by atoms with van der Waals surface area (Å²) in [6.45, 7) is 10.8. The van der Waals surface area contributed by atoms with Crippen LogP contribution in [0.5, 0.6) is 0 Å². The maximum atomic E-state index is 2.20. The topological polar surface area (TPSA) is 0 Å². The number of hydrogen-bond donors (Lipinski definition) is 0. The maximum Gasteiger partial charge on any atom is -0.0346 e. The summed E-state index contributed by atoms with van der Waals surface area (Å²) in [4.78, 5) is 0. The Balaban J connectivity index is 4.46. The third kappa shape index (κ3) is 2.38. The van der Waals surface area contributed by atoms with Gasteiger partial charge >= 0.3 is 0 Å². The molecule has 0 heteroatoms. The minimum atomic E-state index is 1.16. The molecule has 0 aromatic rings. The third-order valence-electron chi connectivity index (χ3n) is 2.20. The van der Waals surface area contributed by atoms with Gasteiger partial charge in [0.2, 0.25) is 0 Å². The van der Waals surface area contributed by atoms with E-state index >= 15 is 0 Å². The van der Waals surface area contributed by atoms with E-state index in [2.05, 4.69) is 40.7 Å². The van der Waals surface area contributed by atoms with Crippen molar-refractivity contribution in [3.05, 3.63) is 22.8 Å². The van der Waals surface area contributed by atoms with Crippen molar-refractivity contribution in [2.45, 2.75) is 41.0 Å². The quantitative estimate of drug-likeness (QED) is 0.510. The van der Waals surface area contributed by atoms with Gasteiger partial charge in [-0.15, -0.1) is 0 Å². The predicted octanol–water partition coefficient (Wildman–Crippen LogP) is 3.70. The Morgan fingerprint density at radius 3 is 2.00 bits per heavy atom. The van der Waals surface area contributed by atoms with Gasteiger partial charge in [0.1, 0.15) is 0 Å². The van der Waals surface area contributed by atoms with Gasteiger partial charge in [-0.3, -0.25) is 0 Å². The van der Waals surface area contributed by atoms with Crippen LogP contribution in [0.15, 0.2) is 22.8 Å². The summed E-state index contributed by atoms with van der Waals surface area (Å²) < 4.78 is 0. The maximum absolute atomic E-state index is 2.20. The molecule has 0 radical (unpaired) electrons. The Labute approximate surface area is 64.6 Å². The Hall–Kier alpha value is -0.520. The van der Waals surface area contributed by atoms with Gasteiger partial charge in [0.15, 0.2) is 0 Å². The van der Waals surface area contributed by atoms with Crippen molar-refractivity contribution in [1.29, 1.82) is 0 Å². The summed E-state index contributed by atoms with van der Waals surface area (Å²) in [5, 5.41) is 0. The number of rotatable bonds is 2. The van der Waals surface area contributed by atoms with Crippen molar-refractivity contribution in [1.82, 2.24) is 0 Å². The highest BCUT2D eigenvalue weighted by molar-refractivity contribution is 5.30. The average Bonchev–Trinajstić information content (AvgIpc) is 2.00. The van der Waals surface area contributed by atoms with Crippen LogP contribution in [-0.2, 0) is 0 Å². The summed E-state index contributed by atoms with van der Waals surface area (Å²) in [6, 6.07) is 0. The van der Waals surface area contributed by atoms with Crippen LogP contribution in [0.4, 0.5) is 0 Å². The van der Waals surface area contributed by atoms with E-state index in [0.29, 0.717) is 0 Å².